The predicted octanol–water partition coefficient (Wildman–Crippen LogP) is 4.20. The van der Waals surface area contributed by atoms with E-state index in [9.17, 15) is 4.79 Å². The first-order valence-electron chi connectivity index (χ1n) is 8.61. The molecular formula is C19H19N3O3S2. The molecule has 1 aliphatic rings. The Morgan fingerprint density at radius 3 is 2.81 bits per heavy atom. The number of rotatable bonds is 4. The Kier molecular flexibility index (Phi) is 4.92. The summed E-state index contributed by atoms with van der Waals surface area (Å²) in [7, 11) is 0. The van der Waals surface area contributed by atoms with Gasteiger partial charge in [-0.3, -0.25) is 4.79 Å². The molecule has 1 aliphatic heterocycles. The lowest BCUT2D eigenvalue weighted by Gasteiger charge is -2.19. The second-order valence-corrected chi connectivity index (χ2v) is 8.78. The van der Waals surface area contributed by atoms with Crippen molar-refractivity contribution in [2.75, 3.05) is 18.5 Å². The van der Waals surface area contributed by atoms with Gasteiger partial charge in [0.2, 0.25) is 5.91 Å². The van der Waals surface area contributed by atoms with E-state index in [4.69, 9.17) is 9.47 Å². The van der Waals surface area contributed by atoms with E-state index in [1.165, 1.54) is 22.2 Å². The van der Waals surface area contributed by atoms with Gasteiger partial charge in [-0.05, 0) is 38.5 Å². The highest BCUT2D eigenvalue weighted by molar-refractivity contribution is 8.00. The normalized spacial score (nSPS) is 14.2. The van der Waals surface area contributed by atoms with Crippen molar-refractivity contribution in [2.24, 2.45) is 0 Å². The number of thiophene rings is 1. The fraction of sp³-hybridized carbons (Fsp3) is 0.316. The second kappa shape index (κ2) is 7.36. The zero-order valence-corrected chi connectivity index (χ0v) is 16.9. The molecule has 1 N–H and O–H groups in total. The lowest BCUT2D eigenvalue weighted by atomic mass is 10.2. The Morgan fingerprint density at radius 2 is 2.00 bits per heavy atom. The van der Waals surface area contributed by atoms with Crippen LogP contribution in [0.15, 0.2) is 29.6 Å². The van der Waals surface area contributed by atoms with Gasteiger partial charge in [0.1, 0.15) is 29.4 Å². The molecule has 140 valence electrons. The number of hydrogen-bond acceptors (Lipinski definition) is 7. The molecule has 27 heavy (non-hydrogen) atoms. The molecule has 3 aromatic rings. The minimum absolute atomic E-state index is 0.0898. The summed E-state index contributed by atoms with van der Waals surface area (Å²) >= 11 is 3.10. The molecule has 4 rings (SSSR count). The van der Waals surface area contributed by atoms with Crippen molar-refractivity contribution in [1.29, 1.82) is 0 Å². The number of amides is 1. The summed E-state index contributed by atoms with van der Waals surface area (Å²) in [6.45, 7) is 7.08. The topological polar surface area (TPSA) is 73.3 Å². The molecule has 0 fully saturated rings. The van der Waals surface area contributed by atoms with Gasteiger partial charge in [0.15, 0.2) is 11.5 Å². The molecular weight excluding hydrogens is 382 g/mol. The van der Waals surface area contributed by atoms with Gasteiger partial charge in [-0.1, -0.05) is 11.8 Å². The maximum absolute atomic E-state index is 12.7. The van der Waals surface area contributed by atoms with Crippen LogP contribution in [-0.4, -0.2) is 34.3 Å². The van der Waals surface area contributed by atoms with Gasteiger partial charge in [0.05, 0.1) is 5.25 Å². The molecule has 0 saturated heterocycles. The van der Waals surface area contributed by atoms with Gasteiger partial charge in [0, 0.05) is 22.0 Å². The van der Waals surface area contributed by atoms with Gasteiger partial charge in [-0.25, -0.2) is 9.97 Å². The number of nitrogens with zero attached hydrogens (tertiary/aromatic N) is 2. The molecule has 2 aromatic heterocycles. The molecule has 0 unspecified atom stereocenters. The number of hydrogen-bond donors (Lipinski definition) is 1. The summed E-state index contributed by atoms with van der Waals surface area (Å²) in [5.74, 6) is 1.27. The average molecular weight is 402 g/mol. The summed E-state index contributed by atoms with van der Waals surface area (Å²) in [5.41, 5.74) is 1.87. The van der Waals surface area contributed by atoms with Crippen molar-refractivity contribution in [2.45, 2.75) is 31.0 Å². The molecule has 0 aliphatic carbocycles. The Morgan fingerprint density at radius 1 is 1.22 bits per heavy atom. The Balaban J connectivity index is 1.50. The Hall–Kier alpha value is -2.32. The summed E-state index contributed by atoms with van der Waals surface area (Å²) in [6.07, 6.45) is 1.56. The van der Waals surface area contributed by atoms with Crippen LogP contribution in [0.25, 0.3) is 10.2 Å². The quantitative estimate of drug-likeness (QED) is 0.522. The van der Waals surface area contributed by atoms with Crippen LogP contribution in [0.1, 0.15) is 17.4 Å². The maximum atomic E-state index is 12.7. The third-order valence-electron chi connectivity index (χ3n) is 4.40. The largest absolute Gasteiger partial charge is 0.486 e. The number of aryl methyl sites for hydroxylation is 2. The number of benzene rings is 1. The van der Waals surface area contributed by atoms with E-state index in [1.54, 1.807) is 23.7 Å². The molecule has 0 radical (unpaired) electrons. The van der Waals surface area contributed by atoms with Crippen LogP contribution in [-0.2, 0) is 4.79 Å². The number of carbonyl (C=O) groups excluding carboxylic acids is 1. The lowest BCUT2D eigenvalue weighted by molar-refractivity contribution is -0.115. The van der Waals surface area contributed by atoms with Gasteiger partial charge < -0.3 is 14.8 Å². The second-order valence-electron chi connectivity index (χ2n) is 6.25. The number of nitrogens with one attached hydrogen (secondary N) is 1. The highest BCUT2D eigenvalue weighted by atomic mass is 32.2. The fourth-order valence-corrected chi connectivity index (χ4v) is 4.86. The van der Waals surface area contributed by atoms with E-state index in [-0.39, 0.29) is 11.2 Å². The summed E-state index contributed by atoms with van der Waals surface area (Å²) < 4.78 is 11.1. The number of ether oxygens (including phenoxy) is 2. The lowest BCUT2D eigenvalue weighted by Crippen LogP contribution is -2.23. The fourth-order valence-electron chi connectivity index (χ4n) is 2.83. The smallest absolute Gasteiger partial charge is 0.237 e. The van der Waals surface area contributed by atoms with E-state index in [1.807, 2.05) is 19.1 Å². The van der Waals surface area contributed by atoms with E-state index >= 15 is 0 Å². The molecule has 1 amide bonds. The monoisotopic (exact) mass is 401 g/mol. The van der Waals surface area contributed by atoms with Crippen molar-refractivity contribution >= 4 is 44.9 Å². The van der Waals surface area contributed by atoms with Crippen LogP contribution < -0.4 is 14.8 Å². The predicted molar refractivity (Wildman–Crippen MR) is 108 cm³/mol. The van der Waals surface area contributed by atoms with E-state index in [0.29, 0.717) is 30.4 Å². The molecule has 0 saturated carbocycles. The van der Waals surface area contributed by atoms with Crippen molar-refractivity contribution in [3.05, 3.63) is 35.0 Å². The van der Waals surface area contributed by atoms with Crippen molar-refractivity contribution in [1.82, 2.24) is 9.97 Å². The number of carbonyl (C=O) groups is 1. The molecule has 0 spiro atoms. The van der Waals surface area contributed by atoms with E-state index < -0.39 is 0 Å². The Bertz CT molecular complexity index is 1020. The molecule has 0 bridgehead atoms. The van der Waals surface area contributed by atoms with Crippen LogP contribution in [0.5, 0.6) is 11.5 Å². The molecule has 1 atom stereocenters. The van der Waals surface area contributed by atoms with Gasteiger partial charge in [0.25, 0.3) is 0 Å². The van der Waals surface area contributed by atoms with Crippen LogP contribution in [0, 0.1) is 13.8 Å². The van der Waals surface area contributed by atoms with E-state index in [2.05, 4.69) is 29.1 Å². The summed E-state index contributed by atoms with van der Waals surface area (Å²) in [5, 5.41) is 4.52. The average Bonchev–Trinajstić information content (AvgIpc) is 2.96. The molecule has 6 nitrogen and oxygen atoms in total. The SMILES string of the molecule is Cc1sc2ncnc(S[C@@H](C)C(=O)Nc3ccc4c(c3)OCCO4)c2c1C. The molecule has 3 heterocycles. The van der Waals surface area contributed by atoms with Crippen molar-refractivity contribution < 1.29 is 14.3 Å². The van der Waals surface area contributed by atoms with Crippen molar-refractivity contribution in [3.8, 4) is 11.5 Å². The third kappa shape index (κ3) is 3.59. The van der Waals surface area contributed by atoms with Crippen LogP contribution in [0.2, 0.25) is 0 Å². The number of anilines is 1. The number of thioether (sulfide) groups is 1. The maximum Gasteiger partial charge on any atom is 0.237 e. The van der Waals surface area contributed by atoms with Gasteiger partial charge in [-0.2, -0.15) is 0 Å². The molecule has 8 heteroatoms. The zero-order valence-electron chi connectivity index (χ0n) is 15.2. The number of fused-ring (bicyclic) bond motifs is 2. The van der Waals surface area contributed by atoms with Crippen LogP contribution >= 0.6 is 23.1 Å². The minimum atomic E-state index is -0.309. The van der Waals surface area contributed by atoms with E-state index in [0.717, 1.165) is 15.2 Å². The Labute approximate surface area is 165 Å². The highest BCUT2D eigenvalue weighted by Crippen LogP contribution is 2.36. The summed E-state index contributed by atoms with van der Waals surface area (Å²) in [4.78, 5) is 23.6. The minimum Gasteiger partial charge on any atom is -0.486 e. The van der Waals surface area contributed by atoms with Gasteiger partial charge in [-0.15, -0.1) is 11.3 Å². The van der Waals surface area contributed by atoms with Crippen molar-refractivity contribution in [3.63, 3.8) is 0 Å². The van der Waals surface area contributed by atoms with Crippen LogP contribution in [0.3, 0.4) is 0 Å². The summed E-state index contributed by atoms with van der Waals surface area (Å²) in [6, 6.07) is 5.42. The third-order valence-corrected chi connectivity index (χ3v) is 6.61. The zero-order chi connectivity index (χ0) is 19.0. The van der Waals surface area contributed by atoms with Gasteiger partial charge >= 0.3 is 0 Å². The first-order chi connectivity index (χ1) is 13.0. The molecule has 1 aromatic carbocycles. The number of aromatic nitrogens is 2. The first kappa shape index (κ1) is 18.1. The first-order valence-corrected chi connectivity index (χ1v) is 10.3. The standard InChI is InChI=1S/C19H19N3O3S2/c1-10-11(2)26-18-16(10)19(21-9-20-18)27-12(3)17(23)22-13-4-5-14-15(8-13)25-7-6-24-14/h4-5,8-9,12H,6-7H2,1-3H3,(H,22,23)/t12-/m0/s1. The highest BCUT2D eigenvalue weighted by Gasteiger charge is 2.20. The van der Waals surface area contributed by atoms with Crippen LogP contribution in [0.4, 0.5) is 5.69 Å².